The van der Waals surface area contributed by atoms with Crippen molar-refractivity contribution < 1.29 is 8.42 Å². The van der Waals surface area contributed by atoms with Crippen LogP contribution in [0.25, 0.3) is 0 Å². The summed E-state index contributed by atoms with van der Waals surface area (Å²) in [5, 5.41) is 3.36. The normalized spacial score (nSPS) is 22.9. The second-order valence-corrected chi connectivity index (χ2v) is 8.35. The van der Waals surface area contributed by atoms with Gasteiger partial charge in [-0.05, 0) is 57.2 Å². The summed E-state index contributed by atoms with van der Waals surface area (Å²) in [7, 11) is -0.793. The maximum absolute atomic E-state index is 11.5. The molecule has 1 aliphatic rings. The van der Waals surface area contributed by atoms with Gasteiger partial charge in [0.1, 0.15) is 0 Å². The minimum atomic E-state index is -2.76. The van der Waals surface area contributed by atoms with E-state index in [-0.39, 0.29) is 0 Å². The number of nitrogens with one attached hydrogen (secondary N) is 1. The molecule has 4 heteroatoms. The van der Waals surface area contributed by atoms with E-state index in [4.69, 9.17) is 0 Å². The van der Waals surface area contributed by atoms with E-state index < -0.39 is 9.84 Å². The van der Waals surface area contributed by atoms with Gasteiger partial charge in [-0.25, -0.2) is 8.42 Å². The second kappa shape index (κ2) is 6.27. The maximum Gasteiger partial charge on any atom is 0.150 e. The number of benzene rings is 1. The molecule has 2 unspecified atom stereocenters. The minimum Gasteiger partial charge on any atom is -0.317 e. The van der Waals surface area contributed by atoms with Crippen LogP contribution >= 0.6 is 0 Å². The number of sulfone groups is 1. The van der Waals surface area contributed by atoms with Gasteiger partial charge in [-0.2, -0.15) is 0 Å². The van der Waals surface area contributed by atoms with E-state index in [0.29, 0.717) is 23.5 Å². The van der Waals surface area contributed by atoms with Crippen molar-refractivity contribution in [3.05, 3.63) is 34.9 Å². The maximum atomic E-state index is 11.5. The SMILES string of the molecule is CNC(Cc1cc(C)ccc1C)CC1CCS(=O)(=O)C1. The lowest BCUT2D eigenvalue weighted by molar-refractivity contribution is 0.423. The molecule has 0 spiro atoms. The quantitative estimate of drug-likeness (QED) is 0.906. The van der Waals surface area contributed by atoms with Crippen molar-refractivity contribution in [2.24, 2.45) is 5.92 Å². The summed E-state index contributed by atoms with van der Waals surface area (Å²) in [6.07, 6.45) is 2.75. The number of hydrogen-bond acceptors (Lipinski definition) is 3. The van der Waals surface area contributed by atoms with Gasteiger partial charge >= 0.3 is 0 Å². The van der Waals surface area contributed by atoms with Crippen molar-refractivity contribution in [2.75, 3.05) is 18.6 Å². The summed E-state index contributed by atoms with van der Waals surface area (Å²) in [5.74, 6) is 1.07. The highest BCUT2D eigenvalue weighted by atomic mass is 32.2. The average Bonchev–Trinajstić information content (AvgIpc) is 2.72. The molecular weight excluding hydrogens is 270 g/mol. The zero-order chi connectivity index (χ0) is 14.8. The molecule has 0 bridgehead atoms. The number of aryl methyl sites for hydroxylation is 2. The van der Waals surface area contributed by atoms with Crippen LogP contribution in [0.3, 0.4) is 0 Å². The van der Waals surface area contributed by atoms with Crippen molar-refractivity contribution in [1.29, 1.82) is 0 Å². The van der Waals surface area contributed by atoms with Gasteiger partial charge in [0, 0.05) is 6.04 Å². The second-order valence-electron chi connectivity index (χ2n) is 6.12. The molecule has 1 fully saturated rings. The predicted octanol–water partition coefficient (Wildman–Crippen LogP) is 2.26. The summed E-state index contributed by atoms with van der Waals surface area (Å²) in [6, 6.07) is 6.90. The van der Waals surface area contributed by atoms with Crippen molar-refractivity contribution in [1.82, 2.24) is 5.32 Å². The van der Waals surface area contributed by atoms with Crippen molar-refractivity contribution in [3.8, 4) is 0 Å². The number of likely N-dealkylation sites (N-methyl/N-ethyl adjacent to an activating group) is 1. The average molecular weight is 295 g/mol. The summed E-state index contributed by atoms with van der Waals surface area (Å²) in [5.41, 5.74) is 3.96. The summed E-state index contributed by atoms with van der Waals surface area (Å²) in [6.45, 7) is 4.25. The molecule has 2 rings (SSSR count). The molecule has 1 N–H and O–H groups in total. The largest absolute Gasteiger partial charge is 0.317 e. The standard InChI is InChI=1S/C16H25NO2S/c1-12-4-5-13(2)15(8-12)10-16(17-3)9-14-6-7-20(18,19)11-14/h4-5,8,14,16-17H,6-7,9-11H2,1-3H3. The summed E-state index contributed by atoms with van der Waals surface area (Å²) >= 11 is 0. The van der Waals surface area contributed by atoms with E-state index in [1.165, 1.54) is 16.7 Å². The first-order valence-electron chi connectivity index (χ1n) is 7.33. The molecule has 1 aromatic rings. The van der Waals surface area contributed by atoms with Crippen LogP contribution in [0, 0.1) is 19.8 Å². The van der Waals surface area contributed by atoms with Crippen LogP contribution in [0.1, 0.15) is 29.5 Å². The van der Waals surface area contributed by atoms with E-state index in [2.05, 4.69) is 37.4 Å². The van der Waals surface area contributed by atoms with Crippen LogP contribution in [0.4, 0.5) is 0 Å². The molecule has 20 heavy (non-hydrogen) atoms. The van der Waals surface area contributed by atoms with E-state index in [9.17, 15) is 8.42 Å². The molecule has 1 heterocycles. The molecule has 0 amide bonds. The highest BCUT2D eigenvalue weighted by molar-refractivity contribution is 7.91. The Bertz CT molecular complexity index is 566. The van der Waals surface area contributed by atoms with Gasteiger partial charge in [-0.3, -0.25) is 0 Å². The lowest BCUT2D eigenvalue weighted by atomic mass is 9.92. The van der Waals surface area contributed by atoms with Crippen LogP contribution in [0.15, 0.2) is 18.2 Å². The van der Waals surface area contributed by atoms with Gasteiger partial charge in [-0.1, -0.05) is 23.8 Å². The Morgan fingerprint density at radius 2 is 2.10 bits per heavy atom. The third-order valence-corrected chi connectivity index (χ3v) is 6.16. The highest BCUT2D eigenvalue weighted by Gasteiger charge is 2.29. The Labute approximate surface area is 122 Å². The predicted molar refractivity (Wildman–Crippen MR) is 83.8 cm³/mol. The van der Waals surface area contributed by atoms with Crippen molar-refractivity contribution in [3.63, 3.8) is 0 Å². The van der Waals surface area contributed by atoms with Gasteiger partial charge in [-0.15, -0.1) is 0 Å². The third kappa shape index (κ3) is 4.06. The van der Waals surface area contributed by atoms with Crippen LogP contribution in [0.5, 0.6) is 0 Å². The van der Waals surface area contributed by atoms with E-state index in [1.807, 2.05) is 7.05 Å². The van der Waals surface area contributed by atoms with E-state index in [0.717, 1.165) is 19.3 Å². The smallest absolute Gasteiger partial charge is 0.150 e. The zero-order valence-corrected chi connectivity index (χ0v) is 13.5. The van der Waals surface area contributed by atoms with Gasteiger partial charge in [0.2, 0.25) is 0 Å². The van der Waals surface area contributed by atoms with Crippen LogP contribution in [-0.2, 0) is 16.3 Å². The van der Waals surface area contributed by atoms with Crippen LogP contribution in [-0.4, -0.2) is 33.0 Å². The van der Waals surface area contributed by atoms with Crippen LogP contribution in [0.2, 0.25) is 0 Å². The van der Waals surface area contributed by atoms with Crippen molar-refractivity contribution in [2.45, 2.75) is 39.2 Å². The Morgan fingerprint density at radius 1 is 1.35 bits per heavy atom. The Hall–Kier alpha value is -0.870. The molecular formula is C16H25NO2S. The first-order valence-corrected chi connectivity index (χ1v) is 9.15. The fourth-order valence-electron chi connectivity index (χ4n) is 3.05. The molecule has 112 valence electrons. The minimum absolute atomic E-state index is 0.322. The molecule has 0 aromatic heterocycles. The van der Waals surface area contributed by atoms with Crippen LogP contribution < -0.4 is 5.32 Å². The van der Waals surface area contributed by atoms with E-state index >= 15 is 0 Å². The first-order chi connectivity index (χ1) is 9.39. The monoisotopic (exact) mass is 295 g/mol. The van der Waals surface area contributed by atoms with Gasteiger partial charge in [0.15, 0.2) is 9.84 Å². The molecule has 1 aliphatic heterocycles. The lowest BCUT2D eigenvalue weighted by Crippen LogP contribution is -2.30. The third-order valence-electron chi connectivity index (χ3n) is 4.32. The molecule has 3 nitrogen and oxygen atoms in total. The molecule has 1 saturated heterocycles. The zero-order valence-electron chi connectivity index (χ0n) is 12.6. The number of hydrogen-bond donors (Lipinski definition) is 1. The van der Waals surface area contributed by atoms with E-state index in [1.54, 1.807) is 0 Å². The van der Waals surface area contributed by atoms with Gasteiger partial charge in [0.05, 0.1) is 11.5 Å². The summed E-state index contributed by atoms with van der Waals surface area (Å²) in [4.78, 5) is 0. The Kier molecular flexibility index (Phi) is 4.86. The van der Waals surface area contributed by atoms with Gasteiger partial charge in [0.25, 0.3) is 0 Å². The molecule has 1 aromatic carbocycles. The Morgan fingerprint density at radius 3 is 2.70 bits per heavy atom. The van der Waals surface area contributed by atoms with Crippen molar-refractivity contribution >= 4 is 9.84 Å². The fraction of sp³-hybridized carbons (Fsp3) is 0.625. The highest BCUT2D eigenvalue weighted by Crippen LogP contribution is 2.24. The molecule has 0 radical (unpaired) electrons. The molecule has 2 atom stereocenters. The molecule has 0 saturated carbocycles. The lowest BCUT2D eigenvalue weighted by Gasteiger charge is -2.20. The fourth-order valence-corrected chi connectivity index (χ4v) is 4.93. The number of rotatable bonds is 5. The van der Waals surface area contributed by atoms with Gasteiger partial charge < -0.3 is 5.32 Å². The summed E-state index contributed by atoms with van der Waals surface area (Å²) < 4.78 is 23.1. The molecule has 0 aliphatic carbocycles. The topological polar surface area (TPSA) is 46.2 Å². The Balaban J connectivity index is 2.01. The first kappa shape index (κ1) is 15.5.